The van der Waals surface area contributed by atoms with E-state index in [-0.39, 0.29) is 0 Å². The van der Waals surface area contributed by atoms with Crippen LogP contribution in [0.2, 0.25) is 0 Å². The van der Waals surface area contributed by atoms with Gasteiger partial charge in [0.25, 0.3) is 0 Å². The molecule has 10 aromatic rings. The summed E-state index contributed by atoms with van der Waals surface area (Å²) in [6.07, 6.45) is 0. The molecule has 11 rings (SSSR count). The van der Waals surface area contributed by atoms with E-state index in [1.54, 1.807) is 0 Å². The average Bonchev–Trinajstić information content (AvgIpc) is 3.74. The smallest absolute Gasteiger partial charge is 0.173 e. The van der Waals surface area contributed by atoms with Crippen molar-refractivity contribution >= 4 is 43.7 Å². The van der Waals surface area contributed by atoms with Gasteiger partial charge < -0.3 is 18.5 Å². The molecule has 3 aromatic heterocycles. The normalized spacial score (nSPS) is 12.2. The Balaban J connectivity index is 0.996. The van der Waals surface area contributed by atoms with Crippen molar-refractivity contribution in [3.05, 3.63) is 158 Å². The van der Waals surface area contributed by atoms with Crippen molar-refractivity contribution in [2.24, 2.45) is 0 Å². The molecule has 0 spiro atoms. The van der Waals surface area contributed by atoms with Gasteiger partial charge >= 0.3 is 0 Å². The van der Waals surface area contributed by atoms with E-state index in [9.17, 15) is 0 Å². The lowest BCUT2D eigenvalue weighted by molar-refractivity contribution is 0.360. The summed E-state index contributed by atoms with van der Waals surface area (Å²) in [5, 5.41) is 4.44. The van der Waals surface area contributed by atoms with Gasteiger partial charge in [0.15, 0.2) is 40.5 Å². The number of rotatable bonds is 4. The number of hydrogen-bond acceptors (Lipinski definition) is 6. The molecule has 7 heteroatoms. The van der Waals surface area contributed by atoms with Crippen molar-refractivity contribution in [2.75, 3.05) is 0 Å². The first kappa shape index (κ1) is 28.6. The van der Waals surface area contributed by atoms with E-state index in [1.165, 1.54) is 10.8 Å². The molecule has 7 nitrogen and oxygen atoms in total. The molecule has 0 saturated carbocycles. The third kappa shape index (κ3) is 4.50. The number of hydrogen-bond donors (Lipinski definition) is 0. The highest BCUT2D eigenvalue weighted by Crippen LogP contribution is 2.49. The third-order valence-corrected chi connectivity index (χ3v) is 9.72. The zero-order valence-corrected chi connectivity index (χ0v) is 27.5. The third-order valence-electron chi connectivity index (χ3n) is 9.72. The lowest BCUT2D eigenvalue weighted by atomic mass is 10.1. The van der Waals surface area contributed by atoms with Gasteiger partial charge in [-0.2, -0.15) is 0 Å². The van der Waals surface area contributed by atoms with Gasteiger partial charge in [-0.3, -0.25) is 0 Å². The molecular weight excluding hydrogens is 645 g/mol. The lowest BCUT2D eigenvalue weighted by Gasteiger charge is -2.21. The molecule has 0 unspecified atom stereocenters. The van der Waals surface area contributed by atoms with Gasteiger partial charge in [0, 0.05) is 50.0 Å². The van der Waals surface area contributed by atoms with Gasteiger partial charge in [0.2, 0.25) is 0 Å². The molecule has 1 aliphatic rings. The van der Waals surface area contributed by atoms with Crippen molar-refractivity contribution in [1.82, 2.24) is 19.5 Å². The SMILES string of the molecule is c1ccc(-c2nc(-c3ccc(-n4c5ccccc5c5ccccc54)cc3)nc(-c3ccc4c(c3)Oc3cc5c(cc3O4)oc3ccccc35)n2)cc1. The Labute approximate surface area is 297 Å². The molecule has 7 aromatic carbocycles. The molecule has 1 aliphatic heterocycles. The number of ether oxygens (including phenoxy) is 2. The quantitative estimate of drug-likeness (QED) is 0.185. The van der Waals surface area contributed by atoms with Gasteiger partial charge in [-0.15, -0.1) is 0 Å². The topological polar surface area (TPSA) is 75.2 Å². The Morgan fingerprint density at radius 3 is 1.63 bits per heavy atom. The fourth-order valence-corrected chi connectivity index (χ4v) is 7.25. The summed E-state index contributed by atoms with van der Waals surface area (Å²) >= 11 is 0. The fourth-order valence-electron chi connectivity index (χ4n) is 7.25. The number of furan rings is 1. The maximum absolute atomic E-state index is 6.47. The second-order valence-electron chi connectivity index (χ2n) is 12.8. The molecule has 0 aliphatic carbocycles. The minimum Gasteiger partial charge on any atom is -0.456 e. The number of benzene rings is 7. The predicted molar refractivity (Wildman–Crippen MR) is 204 cm³/mol. The largest absolute Gasteiger partial charge is 0.456 e. The number of para-hydroxylation sites is 3. The summed E-state index contributed by atoms with van der Waals surface area (Å²) < 4.78 is 21.2. The molecule has 4 heterocycles. The lowest BCUT2D eigenvalue weighted by Crippen LogP contribution is -2.02. The monoisotopic (exact) mass is 670 g/mol. The van der Waals surface area contributed by atoms with E-state index in [0.29, 0.717) is 40.5 Å². The molecule has 0 fully saturated rings. The summed E-state index contributed by atoms with van der Waals surface area (Å²) in [6.45, 7) is 0. The van der Waals surface area contributed by atoms with Crippen LogP contribution in [0.3, 0.4) is 0 Å². The zero-order chi connectivity index (χ0) is 34.2. The van der Waals surface area contributed by atoms with Crippen LogP contribution < -0.4 is 9.47 Å². The number of fused-ring (bicyclic) bond motifs is 8. The van der Waals surface area contributed by atoms with Crippen LogP contribution >= 0.6 is 0 Å². The summed E-state index contributed by atoms with van der Waals surface area (Å²) in [5.74, 6) is 4.09. The van der Waals surface area contributed by atoms with Gasteiger partial charge in [-0.05, 0) is 66.7 Å². The van der Waals surface area contributed by atoms with Crippen molar-refractivity contribution in [1.29, 1.82) is 0 Å². The molecule has 0 N–H and O–H groups in total. The standard InChI is InChI=1S/C45H26N4O3/c1-2-10-27(11-3-1)43-46-44(28-18-21-30(22-19-28)49-35-15-7-4-12-31(35)32-13-5-8-16-36(32)49)48-45(47-43)29-20-23-38-40(24-29)52-41-25-34-33-14-6-9-17-37(33)50-39(34)26-42(41)51-38/h1-26H. The molecule has 244 valence electrons. The zero-order valence-electron chi connectivity index (χ0n) is 27.5. The summed E-state index contributed by atoms with van der Waals surface area (Å²) in [5.41, 5.74) is 7.52. The minimum absolute atomic E-state index is 0.531. The van der Waals surface area contributed by atoms with Gasteiger partial charge in [0.05, 0.1) is 11.0 Å². The van der Waals surface area contributed by atoms with Crippen LogP contribution in [0.1, 0.15) is 0 Å². The van der Waals surface area contributed by atoms with Crippen LogP contribution in [-0.2, 0) is 0 Å². The van der Waals surface area contributed by atoms with E-state index in [2.05, 4.69) is 77.4 Å². The second kappa shape index (κ2) is 11.1. The molecule has 0 amide bonds. The molecule has 0 saturated heterocycles. The summed E-state index contributed by atoms with van der Waals surface area (Å²) in [6, 6.07) is 53.0. The fraction of sp³-hybridized carbons (Fsp3) is 0. The van der Waals surface area contributed by atoms with Crippen molar-refractivity contribution in [3.63, 3.8) is 0 Å². The molecule has 52 heavy (non-hydrogen) atoms. The molecule has 0 atom stereocenters. The maximum atomic E-state index is 6.47. The van der Waals surface area contributed by atoms with Crippen LogP contribution in [0, 0.1) is 0 Å². The second-order valence-corrected chi connectivity index (χ2v) is 12.8. The van der Waals surface area contributed by atoms with Crippen LogP contribution in [0.15, 0.2) is 162 Å². The first-order chi connectivity index (χ1) is 25.7. The molecule has 0 bridgehead atoms. The van der Waals surface area contributed by atoms with Crippen molar-refractivity contribution in [2.45, 2.75) is 0 Å². The first-order valence-electron chi connectivity index (χ1n) is 17.1. The van der Waals surface area contributed by atoms with Gasteiger partial charge in [0.1, 0.15) is 11.2 Å². The first-order valence-corrected chi connectivity index (χ1v) is 17.1. The highest BCUT2D eigenvalue weighted by molar-refractivity contribution is 6.09. The Hall–Kier alpha value is -7.25. The van der Waals surface area contributed by atoms with E-state index in [4.69, 9.17) is 28.8 Å². The van der Waals surface area contributed by atoms with Crippen LogP contribution in [-0.4, -0.2) is 19.5 Å². The van der Waals surface area contributed by atoms with Crippen LogP contribution in [0.5, 0.6) is 23.0 Å². The van der Waals surface area contributed by atoms with Crippen molar-refractivity contribution in [3.8, 4) is 62.8 Å². The number of aromatic nitrogens is 4. The van der Waals surface area contributed by atoms with E-state index in [1.807, 2.05) is 84.9 Å². The Kier molecular flexibility index (Phi) is 6.12. The highest BCUT2D eigenvalue weighted by atomic mass is 16.6. The molecule has 0 radical (unpaired) electrons. The average molecular weight is 671 g/mol. The van der Waals surface area contributed by atoms with Crippen LogP contribution in [0.4, 0.5) is 0 Å². The van der Waals surface area contributed by atoms with Gasteiger partial charge in [-0.25, -0.2) is 15.0 Å². The van der Waals surface area contributed by atoms with E-state index < -0.39 is 0 Å². The van der Waals surface area contributed by atoms with Crippen molar-refractivity contribution < 1.29 is 13.9 Å². The molecular formula is C45H26N4O3. The Morgan fingerprint density at radius 1 is 0.365 bits per heavy atom. The summed E-state index contributed by atoms with van der Waals surface area (Å²) in [4.78, 5) is 14.9. The minimum atomic E-state index is 0.531. The predicted octanol–water partition coefficient (Wildman–Crippen LogP) is 11.8. The van der Waals surface area contributed by atoms with E-state index in [0.717, 1.165) is 55.3 Å². The Bertz CT molecular complexity index is 2970. The van der Waals surface area contributed by atoms with Crippen LogP contribution in [0.25, 0.3) is 83.6 Å². The summed E-state index contributed by atoms with van der Waals surface area (Å²) in [7, 11) is 0. The Morgan fingerprint density at radius 2 is 0.904 bits per heavy atom. The maximum Gasteiger partial charge on any atom is 0.173 e. The highest BCUT2D eigenvalue weighted by Gasteiger charge is 2.23. The van der Waals surface area contributed by atoms with E-state index >= 15 is 0 Å². The van der Waals surface area contributed by atoms with Gasteiger partial charge in [-0.1, -0.05) is 84.9 Å². The number of nitrogens with zero attached hydrogens (tertiary/aromatic N) is 4.